The van der Waals surface area contributed by atoms with Gasteiger partial charge in [0.2, 0.25) is 0 Å². The molecule has 0 spiro atoms. The number of carbonyl (C=O) groups is 1. The molecule has 4 heterocycles. The van der Waals surface area contributed by atoms with Crippen molar-refractivity contribution >= 4 is 43.2 Å². The summed E-state index contributed by atoms with van der Waals surface area (Å²) in [5.41, 5.74) is 6.86. The number of aryl methyl sites for hydroxylation is 3. The Kier molecular flexibility index (Phi) is 8.18. The summed E-state index contributed by atoms with van der Waals surface area (Å²) in [5.74, 6) is 0.299. The minimum absolute atomic E-state index is 0.106. The summed E-state index contributed by atoms with van der Waals surface area (Å²) in [5, 5.41) is 9.00. The van der Waals surface area contributed by atoms with Crippen molar-refractivity contribution in [2.45, 2.75) is 65.6 Å². The monoisotopic (exact) mass is 668 g/mol. The molecule has 3 aliphatic heterocycles. The van der Waals surface area contributed by atoms with Crippen molar-refractivity contribution in [3.8, 4) is 11.5 Å². The van der Waals surface area contributed by atoms with Gasteiger partial charge in [0.1, 0.15) is 22.5 Å². The zero-order chi connectivity index (χ0) is 30.3. The van der Waals surface area contributed by atoms with Crippen molar-refractivity contribution in [3.63, 3.8) is 0 Å². The van der Waals surface area contributed by atoms with Gasteiger partial charge in [-0.3, -0.25) is 4.79 Å². The maximum absolute atomic E-state index is 13.2. The Balaban J connectivity index is 1.49. The molecule has 0 aliphatic carbocycles. The lowest BCUT2D eigenvalue weighted by Crippen LogP contribution is -2.37. The lowest BCUT2D eigenvalue weighted by molar-refractivity contribution is -0.143. The molecule has 0 radical (unpaired) electrons. The predicted molar refractivity (Wildman–Crippen MR) is 164 cm³/mol. The molecule has 43 heavy (non-hydrogen) atoms. The van der Waals surface area contributed by atoms with E-state index < -0.39 is 10.3 Å². The van der Waals surface area contributed by atoms with Gasteiger partial charge in [0.25, 0.3) is 0 Å². The van der Waals surface area contributed by atoms with Crippen LogP contribution in [0, 0.1) is 13.8 Å². The summed E-state index contributed by atoms with van der Waals surface area (Å²) in [6.45, 7) is 7.43. The molecule has 9 bridgehead atoms. The lowest BCUT2D eigenvalue weighted by atomic mass is 9.84. The van der Waals surface area contributed by atoms with Gasteiger partial charge in [-0.25, -0.2) is 4.68 Å². The number of esters is 1. The fourth-order valence-electron chi connectivity index (χ4n) is 5.81. The molecular formula is C31H33BrN4O6S. The SMILES string of the molecule is CCOC(=O)C[C@@H]1c2ccc(C)c(c2)CN2Cc3cc(ccc3OS2(=O)=O)OCCCCn2nnc3c(C)c1cc(Br)c32. The first kappa shape index (κ1) is 29.6. The van der Waals surface area contributed by atoms with Gasteiger partial charge in [0, 0.05) is 35.6 Å². The summed E-state index contributed by atoms with van der Waals surface area (Å²) in [4.78, 5) is 12.9. The van der Waals surface area contributed by atoms with E-state index in [9.17, 15) is 13.2 Å². The van der Waals surface area contributed by atoms with Crippen LogP contribution in [0.15, 0.2) is 46.9 Å². The number of ether oxygens (including phenoxy) is 2. The van der Waals surface area contributed by atoms with Crippen LogP contribution < -0.4 is 8.92 Å². The Morgan fingerprint density at radius 1 is 1.09 bits per heavy atom. The smallest absolute Gasteiger partial charge is 0.385 e. The van der Waals surface area contributed by atoms with Gasteiger partial charge < -0.3 is 13.7 Å². The minimum Gasteiger partial charge on any atom is -0.494 e. The number of halogens is 1. The van der Waals surface area contributed by atoms with Crippen LogP contribution in [0.3, 0.4) is 0 Å². The molecular weight excluding hydrogens is 636 g/mol. The van der Waals surface area contributed by atoms with Crippen molar-refractivity contribution in [1.82, 2.24) is 19.3 Å². The summed E-state index contributed by atoms with van der Waals surface area (Å²) in [6, 6.07) is 13.2. The average Bonchev–Trinajstić information content (AvgIpc) is 3.40. The first-order valence-corrected chi connectivity index (χ1v) is 16.5. The fraction of sp³-hybridized carbons (Fsp3) is 0.387. The normalized spacial score (nSPS) is 19.6. The van der Waals surface area contributed by atoms with E-state index in [0.717, 1.165) is 61.7 Å². The molecule has 0 fully saturated rings. The predicted octanol–water partition coefficient (Wildman–Crippen LogP) is 5.71. The first-order chi connectivity index (χ1) is 20.6. The van der Waals surface area contributed by atoms with Gasteiger partial charge in [-0.1, -0.05) is 23.4 Å². The molecule has 226 valence electrons. The molecule has 2 atom stereocenters. The van der Waals surface area contributed by atoms with Gasteiger partial charge in [-0.2, -0.15) is 12.7 Å². The molecule has 0 N–H and O–H groups in total. The standard InChI is InChI=1S/C31H33BrN4O6S/c1-4-40-29(37)16-26-21-8-7-19(2)22(13-21)17-35-18-23-14-24(9-10-28(23)42-43(35,38)39)41-12-6-5-11-36-31-27(32)15-25(26)20(3)30(31)33-34-36/h7-10,13-15,26H,4-6,11-12,16-18H2,1-3H3/t26-/m1/s1. The molecule has 3 aliphatic rings. The molecule has 1 unspecified atom stereocenters. The van der Waals surface area contributed by atoms with Crippen molar-refractivity contribution in [2.24, 2.45) is 0 Å². The number of aromatic nitrogens is 3. The van der Waals surface area contributed by atoms with E-state index in [1.807, 2.05) is 48.9 Å². The number of nitrogens with zero attached hydrogens (tertiary/aromatic N) is 4. The Morgan fingerprint density at radius 2 is 1.91 bits per heavy atom. The van der Waals surface area contributed by atoms with E-state index in [1.54, 1.807) is 19.1 Å². The van der Waals surface area contributed by atoms with E-state index in [2.05, 4.69) is 26.2 Å². The molecule has 4 aromatic rings. The number of fused-ring (bicyclic) bond motifs is 5. The Labute approximate surface area is 259 Å². The van der Waals surface area contributed by atoms with Crippen molar-refractivity contribution in [1.29, 1.82) is 0 Å². The van der Waals surface area contributed by atoms with Crippen LogP contribution in [-0.4, -0.2) is 46.9 Å². The molecule has 3 aromatic carbocycles. The number of hydrogen-bond acceptors (Lipinski definition) is 8. The highest BCUT2D eigenvalue weighted by Crippen LogP contribution is 2.39. The molecule has 0 saturated heterocycles. The summed E-state index contributed by atoms with van der Waals surface area (Å²) < 4.78 is 47.3. The maximum Gasteiger partial charge on any atom is 0.385 e. The summed E-state index contributed by atoms with van der Waals surface area (Å²) >= 11 is 3.77. The highest BCUT2D eigenvalue weighted by molar-refractivity contribution is 9.10. The van der Waals surface area contributed by atoms with Gasteiger partial charge in [0.05, 0.1) is 19.6 Å². The topological polar surface area (TPSA) is 113 Å². The fourth-order valence-corrected chi connectivity index (χ4v) is 7.54. The molecule has 12 heteroatoms. The number of rotatable bonds is 3. The number of benzene rings is 3. The van der Waals surface area contributed by atoms with Gasteiger partial charge >= 0.3 is 16.3 Å². The highest BCUT2D eigenvalue weighted by Gasteiger charge is 2.33. The second kappa shape index (κ2) is 11.9. The summed E-state index contributed by atoms with van der Waals surface area (Å²) in [6.07, 6.45) is 1.73. The zero-order valence-corrected chi connectivity index (χ0v) is 26.7. The van der Waals surface area contributed by atoms with Crippen LogP contribution in [0.25, 0.3) is 11.0 Å². The molecule has 1 aromatic heterocycles. The van der Waals surface area contributed by atoms with Crippen LogP contribution >= 0.6 is 15.9 Å². The van der Waals surface area contributed by atoms with Crippen LogP contribution in [0.1, 0.15) is 65.5 Å². The molecule has 0 amide bonds. The quantitative estimate of drug-likeness (QED) is 0.255. The van der Waals surface area contributed by atoms with Crippen LogP contribution in [0.5, 0.6) is 11.5 Å². The highest BCUT2D eigenvalue weighted by atomic mass is 79.9. The molecule has 0 saturated carbocycles. The Hall–Kier alpha value is -3.48. The third-order valence-corrected chi connectivity index (χ3v) is 10.0. The van der Waals surface area contributed by atoms with Crippen molar-refractivity contribution in [3.05, 3.63) is 80.3 Å². The average molecular weight is 670 g/mol. The first-order valence-electron chi connectivity index (χ1n) is 14.4. The van der Waals surface area contributed by atoms with Gasteiger partial charge in [0.15, 0.2) is 0 Å². The van der Waals surface area contributed by atoms with Gasteiger partial charge in [-0.15, -0.1) is 5.10 Å². The van der Waals surface area contributed by atoms with E-state index in [1.165, 1.54) is 4.31 Å². The lowest BCUT2D eigenvalue weighted by Gasteiger charge is -2.29. The van der Waals surface area contributed by atoms with Crippen LogP contribution in [0.2, 0.25) is 0 Å². The third-order valence-electron chi connectivity index (χ3n) is 8.13. The van der Waals surface area contributed by atoms with E-state index in [4.69, 9.17) is 13.7 Å². The zero-order valence-electron chi connectivity index (χ0n) is 24.3. The third kappa shape index (κ3) is 5.87. The molecule has 10 nitrogen and oxygen atoms in total. The minimum atomic E-state index is -4.03. The van der Waals surface area contributed by atoms with Crippen molar-refractivity contribution in [2.75, 3.05) is 13.2 Å². The molecule has 7 rings (SSSR count). The van der Waals surface area contributed by atoms with E-state index in [0.29, 0.717) is 24.7 Å². The largest absolute Gasteiger partial charge is 0.494 e. The van der Waals surface area contributed by atoms with Crippen LogP contribution in [0.4, 0.5) is 0 Å². The summed E-state index contributed by atoms with van der Waals surface area (Å²) in [7, 11) is -4.03. The second-order valence-corrected chi connectivity index (χ2v) is 13.4. The van der Waals surface area contributed by atoms with Crippen molar-refractivity contribution < 1.29 is 26.9 Å². The number of carbonyl (C=O) groups excluding carboxylic acids is 1. The van der Waals surface area contributed by atoms with Gasteiger partial charge in [-0.05, 0) is 102 Å². The van der Waals surface area contributed by atoms with E-state index in [-0.39, 0.29) is 38.0 Å². The Bertz CT molecular complexity index is 1820. The van der Waals surface area contributed by atoms with Crippen LogP contribution in [-0.2, 0) is 39.5 Å². The second-order valence-electron chi connectivity index (χ2n) is 11.0. The maximum atomic E-state index is 13.2. The Morgan fingerprint density at radius 3 is 2.72 bits per heavy atom. The number of hydrogen-bond donors (Lipinski definition) is 0. The van der Waals surface area contributed by atoms with E-state index >= 15 is 0 Å².